The average molecular weight is 477 g/mol. The number of rotatable bonds is 5. The van der Waals surface area contributed by atoms with Crippen molar-refractivity contribution in [3.8, 4) is 0 Å². The maximum Gasteiger partial charge on any atom is 0.192 e. The van der Waals surface area contributed by atoms with Crippen molar-refractivity contribution in [1.29, 1.82) is 0 Å². The van der Waals surface area contributed by atoms with E-state index in [9.17, 15) is 0 Å². The molecule has 3 atom stereocenters. The van der Waals surface area contributed by atoms with Crippen LogP contribution in [-0.4, -0.2) is 33.7 Å². The van der Waals surface area contributed by atoms with Crippen LogP contribution < -0.4 is 5.38 Å². The maximum atomic E-state index is 6.86. The summed E-state index contributed by atoms with van der Waals surface area (Å²) in [6, 6.07) is 2.13. The first-order valence-corrected chi connectivity index (χ1v) is 18.3. The lowest BCUT2D eigenvalue weighted by Gasteiger charge is -2.45. The molecule has 2 fully saturated rings. The number of furan rings is 1. The second-order valence-electron chi connectivity index (χ2n) is 14.3. The van der Waals surface area contributed by atoms with Gasteiger partial charge in [-0.25, -0.2) is 0 Å². The highest BCUT2D eigenvalue weighted by Crippen LogP contribution is 2.66. The predicted molar refractivity (Wildman–Crippen MR) is 142 cm³/mol. The highest BCUT2D eigenvalue weighted by atomic mass is 28.4. The summed E-state index contributed by atoms with van der Waals surface area (Å²) in [4.78, 5) is 0. The largest absolute Gasteiger partial charge is 0.474 e. The van der Waals surface area contributed by atoms with Gasteiger partial charge in [-0.2, -0.15) is 0 Å². The van der Waals surface area contributed by atoms with Crippen LogP contribution in [0.4, 0.5) is 0 Å². The number of epoxide rings is 1. The van der Waals surface area contributed by atoms with Gasteiger partial charge in [0.25, 0.3) is 0 Å². The van der Waals surface area contributed by atoms with Crippen molar-refractivity contribution in [3.05, 3.63) is 24.0 Å². The van der Waals surface area contributed by atoms with Gasteiger partial charge in [0.15, 0.2) is 8.32 Å². The second-order valence-corrected chi connectivity index (χ2v) is 24.2. The van der Waals surface area contributed by atoms with Gasteiger partial charge in [-0.3, -0.25) is 0 Å². The SMILES string of the molecule is CC1(C)C[C@H](O[Si](C)(C)C(C)(C)C)C[C@@]2(C)O[C@@]12/C=C/c1ccoc1[Si](C)(C)C(C)(C)C. The van der Waals surface area contributed by atoms with Gasteiger partial charge in [0.1, 0.15) is 19.3 Å². The Bertz CT molecular complexity index is 881. The summed E-state index contributed by atoms with van der Waals surface area (Å²) in [7, 11) is -3.57. The van der Waals surface area contributed by atoms with E-state index in [1.807, 2.05) is 6.26 Å². The van der Waals surface area contributed by atoms with Crippen LogP contribution in [0, 0.1) is 5.41 Å². The Morgan fingerprint density at radius 1 is 0.969 bits per heavy atom. The molecule has 1 saturated carbocycles. The average Bonchev–Trinajstić information content (AvgIpc) is 2.95. The van der Waals surface area contributed by atoms with E-state index in [0.29, 0.717) is 0 Å². The Kier molecular flexibility index (Phi) is 6.04. The third-order valence-electron chi connectivity index (χ3n) is 9.39. The van der Waals surface area contributed by atoms with E-state index in [0.717, 1.165) is 12.8 Å². The van der Waals surface area contributed by atoms with Crippen molar-refractivity contribution >= 4 is 27.9 Å². The summed E-state index contributed by atoms with van der Waals surface area (Å²) in [5, 5.41) is 1.64. The molecular weight excluding hydrogens is 428 g/mol. The lowest BCUT2D eigenvalue weighted by molar-refractivity contribution is 0.0589. The van der Waals surface area contributed by atoms with E-state index in [1.165, 1.54) is 10.9 Å². The molecule has 3 nitrogen and oxygen atoms in total. The molecule has 2 heterocycles. The first-order chi connectivity index (χ1) is 14.2. The van der Waals surface area contributed by atoms with Crippen molar-refractivity contribution < 1.29 is 13.6 Å². The predicted octanol–water partition coefficient (Wildman–Crippen LogP) is 7.75. The third kappa shape index (κ3) is 4.05. The Labute approximate surface area is 199 Å². The minimum atomic E-state index is -1.81. The molecule has 0 N–H and O–H groups in total. The zero-order valence-corrected chi connectivity index (χ0v) is 25.0. The van der Waals surface area contributed by atoms with Crippen LogP contribution in [0.5, 0.6) is 0 Å². The summed E-state index contributed by atoms with van der Waals surface area (Å²) in [6.45, 7) is 30.5. The number of hydrogen-bond acceptors (Lipinski definition) is 3. The van der Waals surface area contributed by atoms with E-state index < -0.39 is 16.4 Å². The first kappa shape index (κ1) is 26.0. The second kappa shape index (κ2) is 7.43. The van der Waals surface area contributed by atoms with Crippen molar-refractivity contribution in [2.45, 2.75) is 129 Å². The zero-order chi connectivity index (χ0) is 24.6. The lowest BCUT2D eigenvalue weighted by atomic mass is 9.63. The Morgan fingerprint density at radius 2 is 1.56 bits per heavy atom. The van der Waals surface area contributed by atoms with Gasteiger partial charge in [-0.1, -0.05) is 74.6 Å². The molecule has 1 aromatic heterocycles. The molecule has 32 heavy (non-hydrogen) atoms. The Hall–Kier alpha value is -0.626. The molecule has 0 radical (unpaired) electrons. The van der Waals surface area contributed by atoms with Gasteiger partial charge >= 0.3 is 0 Å². The molecular formula is C27H48O3Si2. The van der Waals surface area contributed by atoms with Crippen LogP contribution in [0.1, 0.15) is 80.7 Å². The van der Waals surface area contributed by atoms with Crippen molar-refractivity contribution in [2.24, 2.45) is 5.41 Å². The molecule has 0 unspecified atom stereocenters. The summed E-state index contributed by atoms with van der Waals surface area (Å²) in [6.07, 6.45) is 8.73. The normalized spacial score (nSPS) is 31.1. The quantitative estimate of drug-likeness (QED) is 0.322. The fourth-order valence-corrected chi connectivity index (χ4v) is 8.51. The molecule has 5 heteroatoms. The summed E-state index contributed by atoms with van der Waals surface area (Å²) < 4.78 is 19.6. The van der Waals surface area contributed by atoms with Crippen molar-refractivity contribution in [1.82, 2.24) is 0 Å². The molecule has 2 aliphatic rings. The van der Waals surface area contributed by atoms with Crippen LogP contribution in [0.25, 0.3) is 6.08 Å². The van der Waals surface area contributed by atoms with Crippen molar-refractivity contribution in [2.75, 3.05) is 0 Å². The van der Waals surface area contributed by atoms with Crippen molar-refractivity contribution in [3.63, 3.8) is 0 Å². The van der Waals surface area contributed by atoms with Crippen LogP contribution in [0.3, 0.4) is 0 Å². The van der Waals surface area contributed by atoms with Crippen LogP contribution in [0.2, 0.25) is 36.3 Å². The van der Waals surface area contributed by atoms with E-state index in [1.54, 1.807) is 0 Å². The van der Waals surface area contributed by atoms with Crippen LogP contribution >= 0.6 is 0 Å². The Balaban J connectivity index is 1.86. The molecule has 1 aliphatic heterocycles. The minimum absolute atomic E-state index is 0.00437. The van der Waals surface area contributed by atoms with Gasteiger partial charge in [-0.15, -0.1) is 0 Å². The monoisotopic (exact) mass is 476 g/mol. The molecule has 1 aromatic rings. The van der Waals surface area contributed by atoms with Gasteiger partial charge in [-0.05, 0) is 48.7 Å². The van der Waals surface area contributed by atoms with Crippen LogP contribution in [-0.2, 0) is 9.16 Å². The van der Waals surface area contributed by atoms with Gasteiger partial charge in [0.2, 0.25) is 0 Å². The molecule has 3 rings (SSSR count). The van der Waals surface area contributed by atoms with Gasteiger partial charge in [0, 0.05) is 23.5 Å². The number of ether oxygens (including phenoxy) is 1. The summed E-state index contributed by atoms with van der Waals surface area (Å²) in [5.41, 5.74) is 0.818. The lowest BCUT2D eigenvalue weighted by Crippen LogP contribution is -2.51. The molecule has 0 spiro atoms. The molecule has 0 aromatic carbocycles. The maximum absolute atomic E-state index is 6.86. The van der Waals surface area contributed by atoms with Gasteiger partial charge in [0.05, 0.1) is 11.6 Å². The fourth-order valence-electron chi connectivity index (χ4n) is 5.22. The van der Waals surface area contributed by atoms with E-state index in [-0.39, 0.29) is 32.8 Å². The standard InChI is InChI=1S/C27H48O3Si2/c1-23(2,3)31(10,11)22-20(15-17-28-22)14-16-27-25(7,8)18-21(19-26(27,9)30-27)29-32(12,13)24(4,5)6/h14-17,21H,18-19H2,1-13H3/b16-14+/t21-,26+,27-/m0/s1. The number of hydrogen-bond donors (Lipinski definition) is 0. The van der Waals surface area contributed by atoms with E-state index >= 15 is 0 Å². The molecule has 0 amide bonds. The fraction of sp³-hybridized carbons (Fsp3) is 0.778. The Morgan fingerprint density at radius 3 is 2.06 bits per heavy atom. The summed E-state index contributed by atoms with van der Waals surface area (Å²) >= 11 is 0. The highest BCUT2D eigenvalue weighted by Gasteiger charge is 2.75. The van der Waals surface area contributed by atoms with E-state index in [2.05, 4.69) is 107 Å². The zero-order valence-electron chi connectivity index (χ0n) is 23.0. The van der Waals surface area contributed by atoms with Crippen LogP contribution in [0.15, 0.2) is 22.8 Å². The molecule has 182 valence electrons. The van der Waals surface area contributed by atoms with Gasteiger partial charge < -0.3 is 13.6 Å². The first-order valence-electron chi connectivity index (χ1n) is 12.3. The molecule has 1 saturated heterocycles. The molecule has 0 bridgehead atoms. The van der Waals surface area contributed by atoms with E-state index in [4.69, 9.17) is 13.6 Å². The smallest absolute Gasteiger partial charge is 0.192 e. The number of fused-ring (bicyclic) bond motifs is 1. The summed E-state index contributed by atoms with van der Waals surface area (Å²) in [5.74, 6) is 0. The highest BCUT2D eigenvalue weighted by molar-refractivity contribution is 6.91. The topological polar surface area (TPSA) is 34.9 Å². The third-order valence-corrected chi connectivity index (χ3v) is 19.2. The minimum Gasteiger partial charge on any atom is -0.474 e. The molecule has 1 aliphatic carbocycles.